The lowest BCUT2D eigenvalue weighted by atomic mass is 10.2. The van der Waals surface area contributed by atoms with Crippen LogP contribution in [-0.2, 0) is 0 Å². The molecule has 12 heavy (non-hydrogen) atoms. The SMILES string of the molecule is CC.CC.CCCC(S)CCC. The second-order valence-corrected chi connectivity index (χ2v) is 2.96. The molecule has 0 saturated heterocycles. The second kappa shape index (κ2) is 22.5. The van der Waals surface area contributed by atoms with E-state index in [4.69, 9.17) is 0 Å². The van der Waals surface area contributed by atoms with Crippen molar-refractivity contribution in [3.05, 3.63) is 0 Å². The van der Waals surface area contributed by atoms with Crippen molar-refractivity contribution < 1.29 is 0 Å². The van der Waals surface area contributed by atoms with Crippen molar-refractivity contribution in [1.82, 2.24) is 0 Å². The van der Waals surface area contributed by atoms with Crippen LogP contribution in [0.25, 0.3) is 0 Å². The zero-order valence-electron chi connectivity index (χ0n) is 9.85. The number of rotatable bonds is 4. The second-order valence-electron chi connectivity index (χ2n) is 2.23. The molecule has 78 valence electrons. The third-order valence-electron chi connectivity index (χ3n) is 1.24. The van der Waals surface area contributed by atoms with Crippen LogP contribution >= 0.6 is 12.6 Å². The molecule has 0 atom stereocenters. The average Bonchev–Trinajstić information content (AvgIpc) is 2.12. The molecule has 0 bridgehead atoms. The van der Waals surface area contributed by atoms with Gasteiger partial charge in [-0.1, -0.05) is 54.4 Å². The topological polar surface area (TPSA) is 0 Å². The Morgan fingerprint density at radius 2 is 1.08 bits per heavy atom. The van der Waals surface area contributed by atoms with Crippen molar-refractivity contribution >= 4 is 12.6 Å². The van der Waals surface area contributed by atoms with E-state index >= 15 is 0 Å². The molecule has 0 aromatic heterocycles. The van der Waals surface area contributed by atoms with Gasteiger partial charge in [-0.15, -0.1) is 0 Å². The number of hydrogen-bond donors (Lipinski definition) is 1. The molecule has 1 heteroatoms. The molecule has 0 heterocycles. The molecule has 0 fully saturated rings. The third-order valence-corrected chi connectivity index (χ3v) is 1.76. The van der Waals surface area contributed by atoms with Crippen molar-refractivity contribution in [3.63, 3.8) is 0 Å². The molecule has 0 N–H and O–H groups in total. The summed E-state index contributed by atoms with van der Waals surface area (Å²) in [5, 5.41) is 0.657. The van der Waals surface area contributed by atoms with E-state index in [0.717, 1.165) is 0 Å². The summed E-state index contributed by atoms with van der Waals surface area (Å²) >= 11 is 4.39. The Kier molecular flexibility index (Phi) is 34.1. The molecule has 0 rings (SSSR count). The first-order valence-electron chi connectivity index (χ1n) is 5.49. The lowest BCUT2D eigenvalue weighted by Crippen LogP contribution is -1.95. The average molecular weight is 192 g/mol. The van der Waals surface area contributed by atoms with Gasteiger partial charge < -0.3 is 0 Å². The molecule has 0 aromatic rings. The van der Waals surface area contributed by atoms with Crippen molar-refractivity contribution in [2.24, 2.45) is 0 Å². The molecule has 0 aliphatic carbocycles. The van der Waals surface area contributed by atoms with Gasteiger partial charge in [0.05, 0.1) is 0 Å². The van der Waals surface area contributed by atoms with Gasteiger partial charge in [0.25, 0.3) is 0 Å². The summed E-state index contributed by atoms with van der Waals surface area (Å²) in [4.78, 5) is 0. The van der Waals surface area contributed by atoms with Crippen LogP contribution in [-0.4, -0.2) is 5.25 Å². The Balaban J connectivity index is -0.000000175. The lowest BCUT2D eigenvalue weighted by Gasteiger charge is -2.04. The first-order valence-corrected chi connectivity index (χ1v) is 6.01. The highest BCUT2D eigenvalue weighted by Crippen LogP contribution is 2.09. The van der Waals surface area contributed by atoms with Crippen LogP contribution < -0.4 is 0 Å². The zero-order valence-corrected chi connectivity index (χ0v) is 10.7. The molecule has 0 unspecified atom stereocenters. The highest BCUT2D eigenvalue weighted by atomic mass is 32.1. The van der Waals surface area contributed by atoms with Gasteiger partial charge >= 0.3 is 0 Å². The van der Waals surface area contributed by atoms with E-state index in [-0.39, 0.29) is 0 Å². The monoisotopic (exact) mass is 192 g/mol. The van der Waals surface area contributed by atoms with Crippen LogP contribution in [0.5, 0.6) is 0 Å². The van der Waals surface area contributed by atoms with Crippen LogP contribution in [0.2, 0.25) is 0 Å². The number of thiol groups is 1. The molecule has 0 saturated carbocycles. The maximum Gasteiger partial charge on any atom is 0.00166 e. The smallest absolute Gasteiger partial charge is 0.00166 e. The Morgan fingerprint density at radius 1 is 0.833 bits per heavy atom. The summed E-state index contributed by atoms with van der Waals surface area (Å²) in [6, 6.07) is 0. The summed E-state index contributed by atoms with van der Waals surface area (Å²) < 4.78 is 0. The molecule has 0 radical (unpaired) electrons. The van der Waals surface area contributed by atoms with Gasteiger partial charge in [0.15, 0.2) is 0 Å². The molecule has 0 amide bonds. The molecule has 0 spiro atoms. The fourth-order valence-electron chi connectivity index (χ4n) is 0.811. The summed E-state index contributed by atoms with van der Waals surface area (Å²) in [7, 11) is 0. The Hall–Kier alpha value is 0.350. The molecular formula is C11H28S. The van der Waals surface area contributed by atoms with Gasteiger partial charge in [0, 0.05) is 5.25 Å². The quantitative estimate of drug-likeness (QED) is 0.599. The van der Waals surface area contributed by atoms with Crippen molar-refractivity contribution in [3.8, 4) is 0 Å². The first kappa shape index (κ1) is 18.2. The summed E-state index contributed by atoms with van der Waals surface area (Å²) in [6.45, 7) is 12.4. The summed E-state index contributed by atoms with van der Waals surface area (Å²) in [6.07, 6.45) is 5.09. The van der Waals surface area contributed by atoms with Crippen LogP contribution in [0.15, 0.2) is 0 Å². The minimum atomic E-state index is 0.657. The van der Waals surface area contributed by atoms with Crippen LogP contribution in [0, 0.1) is 0 Å². The minimum absolute atomic E-state index is 0.657. The summed E-state index contributed by atoms with van der Waals surface area (Å²) in [5.74, 6) is 0. The standard InChI is InChI=1S/C7H16S.2C2H6/c1-3-5-7(8)6-4-2;2*1-2/h7-8H,3-6H2,1-2H3;2*1-2H3. The Bertz CT molecular complexity index is 38.3. The largest absolute Gasteiger partial charge is 0.176 e. The van der Waals surface area contributed by atoms with E-state index in [1.807, 2.05) is 27.7 Å². The maximum absolute atomic E-state index is 4.39. The predicted octanol–water partition coefficient (Wildman–Crippen LogP) is 4.94. The van der Waals surface area contributed by atoms with Gasteiger partial charge in [0.1, 0.15) is 0 Å². The highest BCUT2D eigenvalue weighted by Gasteiger charge is 1.96. The molecule has 0 aromatic carbocycles. The predicted molar refractivity (Wildman–Crippen MR) is 65.3 cm³/mol. The lowest BCUT2D eigenvalue weighted by molar-refractivity contribution is 0.676. The molecule has 0 nitrogen and oxygen atoms in total. The fraction of sp³-hybridized carbons (Fsp3) is 1.00. The van der Waals surface area contributed by atoms with E-state index in [2.05, 4.69) is 26.5 Å². The van der Waals surface area contributed by atoms with Gasteiger partial charge in [-0.05, 0) is 12.8 Å². The van der Waals surface area contributed by atoms with Crippen molar-refractivity contribution in [2.45, 2.75) is 72.5 Å². The zero-order chi connectivity index (χ0) is 10.4. The normalized spacial score (nSPS) is 8.00. The van der Waals surface area contributed by atoms with Gasteiger partial charge in [0.2, 0.25) is 0 Å². The molecule has 0 aliphatic heterocycles. The molecular weight excluding hydrogens is 164 g/mol. The van der Waals surface area contributed by atoms with Crippen molar-refractivity contribution in [2.75, 3.05) is 0 Å². The van der Waals surface area contributed by atoms with Crippen molar-refractivity contribution in [1.29, 1.82) is 0 Å². The van der Waals surface area contributed by atoms with Crippen LogP contribution in [0.1, 0.15) is 67.2 Å². The first-order chi connectivity index (χ1) is 5.81. The fourth-order valence-corrected chi connectivity index (χ4v) is 1.33. The Labute approximate surface area is 85.6 Å². The van der Waals surface area contributed by atoms with E-state index in [9.17, 15) is 0 Å². The maximum atomic E-state index is 4.39. The van der Waals surface area contributed by atoms with Crippen LogP contribution in [0.3, 0.4) is 0 Å². The minimum Gasteiger partial charge on any atom is -0.176 e. The van der Waals surface area contributed by atoms with Gasteiger partial charge in [-0.2, -0.15) is 12.6 Å². The van der Waals surface area contributed by atoms with Gasteiger partial charge in [-0.3, -0.25) is 0 Å². The van der Waals surface area contributed by atoms with E-state index in [1.165, 1.54) is 25.7 Å². The summed E-state index contributed by atoms with van der Waals surface area (Å²) in [5.41, 5.74) is 0. The van der Waals surface area contributed by atoms with E-state index < -0.39 is 0 Å². The third kappa shape index (κ3) is 22.4. The van der Waals surface area contributed by atoms with E-state index in [1.54, 1.807) is 0 Å². The Morgan fingerprint density at radius 3 is 1.25 bits per heavy atom. The number of hydrogen-bond acceptors (Lipinski definition) is 1. The molecule has 0 aliphatic rings. The van der Waals surface area contributed by atoms with Gasteiger partial charge in [-0.25, -0.2) is 0 Å². The highest BCUT2D eigenvalue weighted by molar-refractivity contribution is 7.80. The van der Waals surface area contributed by atoms with E-state index in [0.29, 0.717) is 5.25 Å². The van der Waals surface area contributed by atoms with Crippen LogP contribution in [0.4, 0.5) is 0 Å².